The lowest BCUT2D eigenvalue weighted by molar-refractivity contribution is -0.152. The molecule has 0 radical (unpaired) electrons. The van der Waals surface area contributed by atoms with Crippen LogP contribution in [0.15, 0.2) is 48.5 Å². The molecule has 1 aliphatic heterocycles. The highest BCUT2D eigenvalue weighted by Gasteiger charge is 2.38. The fourth-order valence-corrected chi connectivity index (χ4v) is 3.83. The van der Waals surface area contributed by atoms with Crippen molar-refractivity contribution in [2.45, 2.75) is 44.2 Å². The third kappa shape index (κ3) is 5.52. The second-order valence-corrected chi connectivity index (χ2v) is 7.79. The van der Waals surface area contributed by atoms with E-state index in [0.717, 1.165) is 22.6 Å². The highest BCUT2D eigenvalue weighted by molar-refractivity contribution is 6.02. The Morgan fingerprint density at radius 1 is 1.13 bits per heavy atom. The SMILES string of the molecule is C[C@H](N)C(=O)N(C(=O)Cc1cc(F)cc(F)c1)[C@H]1CC[C@H](c2ccccc2)CNC1=O. The molecular weight excluding hydrogens is 404 g/mol. The topological polar surface area (TPSA) is 92.5 Å². The number of rotatable bonds is 5. The third-order valence-corrected chi connectivity index (χ3v) is 5.37. The lowest BCUT2D eigenvalue weighted by Gasteiger charge is -2.29. The monoisotopic (exact) mass is 429 g/mol. The van der Waals surface area contributed by atoms with E-state index in [2.05, 4.69) is 5.32 Å². The molecule has 31 heavy (non-hydrogen) atoms. The average Bonchev–Trinajstić information content (AvgIpc) is 2.90. The Balaban J connectivity index is 1.84. The molecule has 3 amide bonds. The van der Waals surface area contributed by atoms with Gasteiger partial charge in [0.2, 0.25) is 17.7 Å². The van der Waals surface area contributed by atoms with Crippen LogP contribution in [0.25, 0.3) is 0 Å². The normalized spacial score (nSPS) is 19.8. The number of carbonyl (C=O) groups is 3. The first-order chi connectivity index (χ1) is 14.8. The number of carbonyl (C=O) groups excluding carboxylic acids is 3. The van der Waals surface area contributed by atoms with Gasteiger partial charge in [0.05, 0.1) is 12.5 Å². The number of hydrogen-bond donors (Lipinski definition) is 2. The molecule has 164 valence electrons. The van der Waals surface area contributed by atoms with Crippen LogP contribution < -0.4 is 11.1 Å². The Labute approximate surface area is 179 Å². The lowest BCUT2D eigenvalue weighted by atomic mass is 9.93. The van der Waals surface area contributed by atoms with E-state index in [1.54, 1.807) is 0 Å². The molecule has 8 heteroatoms. The van der Waals surface area contributed by atoms with E-state index in [9.17, 15) is 23.2 Å². The summed E-state index contributed by atoms with van der Waals surface area (Å²) in [5, 5.41) is 2.81. The fraction of sp³-hybridized carbons (Fsp3) is 0.348. The van der Waals surface area contributed by atoms with Crippen LogP contribution in [-0.4, -0.2) is 41.2 Å². The van der Waals surface area contributed by atoms with Crippen LogP contribution >= 0.6 is 0 Å². The predicted octanol–water partition coefficient (Wildman–Crippen LogP) is 2.27. The van der Waals surface area contributed by atoms with E-state index in [1.807, 2.05) is 30.3 Å². The van der Waals surface area contributed by atoms with Crippen molar-refractivity contribution in [1.29, 1.82) is 0 Å². The zero-order valence-corrected chi connectivity index (χ0v) is 17.2. The molecule has 0 spiro atoms. The van der Waals surface area contributed by atoms with Crippen molar-refractivity contribution in [3.05, 3.63) is 71.3 Å². The minimum absolute atomic E-state index is 0.0369. The van der Waals surface area contributed by atoms with E-state index in [-0.39, 0.29) is 17.9 Å². The van der Waals surface area contributed by atoms with Gasteiger partial charge < -0.3 is 11.1 Å². The molecule has 0 aromatic heterocycles. The summed E-state index contributed by atoms with van der Waals surface area (Å²) in [6.07, 6.45) is 0.393. The molecule has 2 aromatic carbocycles. The van der Waals surface area contributed by atoms with Gasteiger partial charge in [-0.15, -0.1) is 0 Å². The van der Waals surface area contributed by atoms with Gasteiger partial charge in [-0.1, -0.05) is 30.3 Å². The minimum Gasteiger partial charge on any atom is -0.354 e. The first kappa shape index (κ1) is 22.6. The van der Waals surface area contributed by atoms with Crippen LogP contribution in [0.2, 0.25) is 0 Å². The smallest absolute Gasteiger partial charge is 0.246 e. The molecule has 3 rings (SSSR count). The third-order valence-electron chi connectivity index (χ3n) is 5.37. The number of imide groups is 1. The Hall–Kier alpha value is -3.13. The van der Waals surface area contributed by atoms with Crippen molar-refractivity contribution in [2.75, 3.05) is 6.54 Å². The van der Waals surface area contributed by atoms with E-state index in [0.29, 0.717) is 19.0 Å². The highest BCUT2D eigenvalue weighted by Crippen LogP contribution is 2.26. The van der Waals surface area contributed by atoms with Crippen LogP contribution in [0.5, 0.6) is 0 Å². The largest absolute Gasteiger partial charge is 0.354 e. The van der Waals surface area contributed by atoms with Crippen LogP contribution in [0.3, 0.4) is 0 Å². The van der Waals surface area contributed by atoms with Crippen LogP contribution in [0.1, 0.15) is 36.8 Å². The summed E-state index contributed by atoms with van der Waals surface area (Å²) in [6.45, 7) is 1.80. The molecule has 1 heterocycles. The van der Waals surface area contributed by atoms with Crippen molar-refractivity contribution >= 4 is 17.7 Å². The first-order valence-electron chi connectivity index (χ1n) is 10.2. The maximum absolute atomic E-state index is 13.5. The Kier molecular flexibility index (Phi) is 7.12. The van der Waals surface area contributed by atoms with Crippen molar-refractivity contribution in [3.63, 3.8) is 0 Å². The van der Waals surface area contributed by atoms with Gasteiger partial charge in [0.15, 0.2) is 0 Å². The number of halogens is 2. The fourth-order valence-electron chi connectivity index (χ4n) is 3.83. The van der Waals surface area contributed by atoms with E-state index < -0.39 is 47.9 Å². The second-order valence-electron chi connectivity index (χ2n) is 7.79. The Bertz CT molecular complexity index is 946. The van der Waals surface area contributed by atoms with Gasteiger partial charge in [0, 0.05) is 18.5 Å². The quantitative estimate of drug-likeness (QED) is 0.763. The zero-order valence-electron chi connectivity index (χ0n) is 17.2. The van der Waals surface area contributed by atoms with E-state index >= 15 is 0 Å². The maximum atomic E-state index is 13.5. The number of benzene rings is 2. The van der Waals surface area contributed by atoms with Crippen LogP contribution in [0, 0.1) is 11.6 Å². The molecule has 0 saturated carbocycles. The van der Waals surface area contributed by atoms with Crippen molar-refractivity contribution in [3.8, 4) is 0 Å². The molecule has 0 unspecified atom stereocenters. The Morgan fingerprint density at radius 3 is 2.39 bits per heavy atom. The molecule has 1 saturated heterocycles. The van der Waals surface area contributed by atoms with E-state index in [1.165, 1.54) is 6.92 Å². The van der Waals surface area contributed by atoms with Gasteiger partial charge in [-0.2, -0.15) is 0 Å². The number of hydrogen-bond acceptors (Lipinski definition) is 4. The lowest BCUT2D eigenvalue weighted by Crippen LogP contribution is -2.55. The molecule has 1 fully saturated rings. The van der Waals surface area contributed by atoms with Gasteiger partial charge >= 0.3 is 0 Å². The summed E-state index contributed by atoms with van der Waals surface area (Å²) in [5.74, 6) is -3.51. The number of nitrogens with zero attached hydrogens (tertiary/aromatic N) is 1. The van der Waals surface area contributed by atoms with Crippen molar-refractivity contribution in [2.24, 2.45) is 5.73 Å². The first-order valence-corrected chi connectivity index (χ1v) is 10.2. The van der Waals surface area contributed by atoms with Gasteiger partial charge in [0.25, 0.3) is 0 Å². The second kappa shape index (κ2) is 9.78. The molecule has 0 aliphatic carbocycles. The van der Waals surface area contributed by atoms with Gasteiger partial charge in [-0.3, -0.25) is 19.3 Å². The maximum Gasteiger partial charge on any atom is 0.246 e. The highest BCUT2D eigenvalue weighted by atomic mass is 19.1. The molecule has 1 aliphatic rings. The summed E-state index contributed by atoms with van der Waals surface area (Å²) in [6, 6.07) is 10.3. The van der Waals surface area contributed by atoms with Crippen molar-refractivity contribution in [1.82, 2.24) is 10.2 Å². The predicted molar refractivity (Wildman–Crippen MR) is 111 cm³/mol. The standard InChI is InChI=1S/C23H25F2N3O3/c1-14(26)23(31)28(21(29)11-15-9-18(24)12-19(25)10-15)20-8-7-17(13-27-22(20)30)16-5-3-2-4-6-16/h2-6,9-10,12,14,17,20H,7-8,11,13,26H2,1H3,(H,27,30)/t14-,17-,20-/m0/s1. The summed E-state index contributed by atoms with van der Waals surface area (Å²) in [5.41, 5.74) is 6.85. The molecular formula is C23H25F2N3O3. The summed E-state index contributed by atoms with van der Waals surface area (Å²) in [7, 11) is 0. The molecule has 6 nitrogen and oxygen atoms in total. The van der Waals surface area contributed by atoms with Crippen LogP contribution in [-0.2, 0) is 20.8 Å². The number of amides is 3. The molecule has 0 bridgehead atoms. The molecule has 2 aromatic rings. The van der Waals surface area contributed by atoms with Crippen molar-refractivity contribution < 1.29 is 23.2 Å². The summed E-state index contributed by atoms with van der Waals surface area (Å²) in [4.78, 5) is 39.4. The van der Waals surface area contributed by atoms with Gasteiger partial charge in [-0.05, 0) is 43.0 Å². The molecule has 3 N–H and O–H groups in total. The van der Waals surface area contributed by atoms with Gasteiger partial charge in [-0.25, -0.2) is 8.78 Å². The summed E-state index contributed by atoms with van der Waals surface area (Å²) < 4.78 is 27.1. The van der Waals surface area contributed by atoms with E-state index in [4.69, 9.17) is 5.73 Å². The average molecular weight is 429 g/mol. The minimum atomic E-state index is -1.04. The van der Waals surface area contributed by atoms with Gasteiger partial charge in [0.1, 0.15) is 17.7 Å². The zero-order chi connectivity index (χ0) is 22.5. The number of nitrogens with two attached hydrogens (primary N) is 1. The number of nitrogens with one attached hydrogen (secondary N) is 1. The van der Waals surface area contributed by atoms with Crippen LogP contribution in [0.4, 0.5) is 8.78 Å². The molecule has 3 atom stereocenters. The summed E-state index contributed by atoms with van der Waals surface area (Å²) >= 11 is 0. The Morgan fingerprint density at radius 2 is 1.77 bits per heavy atom.